The molecule has 0 aliphatic carbocycles. The molecule has 4 atom stereocenters. The van der Waals surface area contributed by atoms with Gasteiger partial charge in [-0.25, -0.2) is 0 Å². The van der Waals surface area contributed by atoms with Gasteiger partial charge < -0.3 is 25.2 Å². The molecule has 8 heteroatoms. The summed E-state index contributed by atoms with van der Waals surface area (Å²) in [5.74, 6) is 0.665. The molecule has 0 fully saturated rings. The lowest BCUT2D eigenvalue weighted by Gasteiger charge is -2.29. The number of hydrogen-bond acceptors (Lipinski definition) is 6. The molecule has 0 amide bonds. The molecule has 0 heterocycles. The summed E-state index contributed by atoms with van der Waals surface area (Å²) in [5, 5.41) is 37.7. The lowest BCUT2D eigenvalue weighted by molar-refractivity contribution is -0.134. The van der Waals surface area contributed by atoms with Crippen LogP contribution >= 0.6 is 23.2 Å². The predicted molar refractivity (Wildman–Crippen MR) is 68.0 cm³/mol. The van der Waals surface area contributed by atoms with Gasteiger partial charge >= 0.3 is 0 Å². The van der Waals surface area contributed by atoms with Gasteiger partial charge in [0.05, 0.1) is 6.10 Å². The summed E-state index contributed by atoms with van der Waals surface area (Å²) in [7, 11) is 0. The van der Waals surface area contributed by atoms with Crippen LogP contribution in [-0.4, -0.2) is 87.4 Å². The first-order valence-corrected chi connectivity index (χ1v) is 6.56. The van der Waals surface area contributed by atoms with Crippen molar-refractivity contribution in [3.63, 3.8) is 0 Å². The van der Waals surface area contributed by atoms with Crippen LogP contribution in [0.4, 0.5) is 0 Å². The van der Waals surface area contributed by atoms with E-state index in [0.717, 1.165) is 0 Å². The third kappa shape index (κ3) is 6.29. The van der Waals surface area contributed by atoms with Crippen LogP contribution < -0.4 is 0 Å². The summed E-state index contributed by atoms with van der Waals surface area (Å²) in [6.45, 7) is 0.956. The van der Waals surface area contributed by atoms with Crippen molar-refractivity contribution in [2.75, 3.05) is 31.4 Å². The van der Waals surface area contributed by atoms with E-state index >= 15 is 0 Å². The normalized spacial score (nSPS) is 18.4. The lowest BCUT2D eigenvalue weighted by atomic mass is 10.0. The molecule has 6 nitrogen and oxygen atoms in total. The molecule has 0 saturated carbocycles. The molecule has 0 aromatic heterocycles. The van der Waals surface area contributed by atoms with Crippen LogP contribution in [0, 0.1) is 0 Å². The highest BCUT2D eigenvalue weighted by atomic mass is 35.5. The Bertz CT molecular complexity index is 228. The fourth-order valence-electron chi connectivity index (χ4n) is 1.42. The highest BCUT2D eigenvalue weighted by molar-refractivity contribution is 6.18. The van der Waals surface area contributed by atoms with Crippen LogP contribution in [0.5, 0.6) is 0 Å². The molecule has 0 aromatic carbocycles. The molecule has 0 rings (SSSR count). The molecule has 18 heavy (non-hydrogen) atoms. The fraction of sp³-hybridized carbons (Fsp3) is 0.900. The van der Waals surface area contributed by atoms with Crippen LogP contribution in [0.1, 0.15) is 0 Å². The van der Waals surface area contributed by atoms with Gasteiger partial charge in [-0.1, -0.05) is 0 Å². The van der Waals surface area contributed by atoms with Gasteiger partial charge in [-0.2, -0.15) is 0 Å². The first-order chi connectivity index (χ1) is 8.47. The molecule has 4 N–H and O–H groups in total. The van der Waals surface area contributed by atoms with E-state index in [-0.39, 0.29) is 12.8 Å². The number of nitrogens with zero attached hydrogens (tertiary/aromatic N) is 1. The van der Waals surface area contributed by atoms with Gasteiger partial charge in [0.2, 0.25) is 0 Å². The predicted octanol–water partition coefficient (Wildman–Crippen LogP) is -1.59. The van der Waals surface area contributed by atoms with E-state index < -0.39 is 24.4 Å². The van der Waals surface area contributed by atoms with E-state index in [1.54, 1.807) is 4.90 Å². The van der Waals surface area contributed by atoms with Crippen molar-refractivity contribution >= 4 is 29.5 Å². The van der Waals surface area contributed by atoms with E-state index in [4.69, 9.17) is 28.3 Å². The minimum atomic E-state index is -1.73. The second-order valence-corrected chi connectivity index (χ2v) is 4.61. The average Bonchev–Trinajstić information content (AvgIpc) is 2.36. The zero-order valence-corrected chi connectivity index (χ0v) is 11.3. The molecule has 0 spiro atoms. The topological polar surface area (TPSA) is 101 Å². The van der Waals surface area contributed by atoms with Gasteiger partial charge in [0, 0.05) is 31.4 Å². The number of aliphatic hydroxyl groups is 4. The number of hydrogen-bond donors (Lipinski definition) is 4. The Morgan fingerprint density at radius 3 is 1.89 bits per heavy atom. The van der Waals surface area contributed by atoms with Crippen molar-refractivity contribution in [3.05, 3.63) is 0 Å². The van der Waals surface area contributed by atoms with Crippen LogP contribution in [-0.2, 0) is 4.79 Å². The molecule has 4 unspecified atom stereocenters. The summed E-state index contributed by atoms with van der Waals surface area (Å²) in [4.78, 5) is 12.0. The maximum Gasteiger partial charge on any atom is 0.151 e. The zero-order valence-electron chi connectivity index (χ0n) is 9.82. The Balaban J connectivity index is 4.34. The SMILES string of the molecule is O=CC(O)C(O)C(O)C(O)CN(CCCl)CCCl. The maximum atomic E-state index is 10.3. The Morgan fingerprint density at radius 1 is 1.00 bits per heavy atom. The van der Waals surface area contributed by atoms with Crippen LogP contribution in [0.15, 0.2) is 0 Å². The molecular formula is C10H19Cl2NO5. The number of rotatable bonds is 10. The van der Waals surface area contributed by atoms with Gasteiger partial charge in [-0.15, -0.1) is 23.2 Å². The van der Waals surface area contributed by atoms with Crippen molar-refractivity contribution in [2.45, 2.75) is 24.4 Å². The number of aldehydes is 1. The monoisotopic (exact) mass is 303 g/mol. The molecule has 108 valence electrons. The molecule has 0 bridgehead atoms. The number of carbonyl (C=O) groups is 1. The van der Waals surface area contributed by atoms with E-state index in [0.29, 0.717) is 24.8 Å². The maximum absolute atomic E-state index is 10.3. The van der Waals surface area contributed by atoms with Crippen molar-refractivity contribution in [2.24, 2.45) is 0 Å². The fourth-order valence-corrected chi connectivity index (χ4v) is 1.89. The highest BCUT2D eigenvalue weighted by Gasteiger charge is 2.30. The lowest BCUT2D eigenvalue weighted by Crippen LogP contribution is -2.49. The second-order valence-electron chi connectivity index (χ2n) is 3.85. The van der Waals surface area contributed by atoms with Crippen molar-refractivity contribution < 1.29 is 25.2 Å². The summed E-state index contributed by atoms with van der Waals surface area (Å²) in [6.07, 6.45) is -6.31. The van der Waals surface area contributed by atoms with Gasteiger partial charge in [-0.3, -0.25) is 4.90 Å². The number of halogens is 2. The van der Waals surface area contributed by atoms with E-state index in [9.17, 15) is 20.1 Å². The molecule has 0 aromatic rings. The Kier molecular flexibility index (Phi) is 9.94. The number of alkyl halides is 2. The minimum absolute atomic E-state index is 0.0310. The van der Waals surface area contributed by atoms with Crippen LogP contribution in [0.2, 0.25) is 0 Å². The minimum Gasteiger partial charge on any atom is -0.389 e. The average molecular weight is 304 g/mol. The van der Waals surface area contributed by atoms with Gasteiger partial charge in [0.15, 0.2) is 6.29 Å². The summed E-state index contributed by atoms with van der Waals surface area (Å²) >= 11 is 11.1. The second kappa shape index (κ2) is 9.91. The molecular weight excluding hydrogens is 285 g/mol. The van der Waals surface area contributed by atoms with Crippen molar-refractivity contribution in [3.8, 4) is 0 Å². The van der Waals surface area contributed by atoms with E-state index in [1.807, 2.05) is 0 Å². The summed E-state index contributed by atoms with van der Waals surface area (Å²) in [5.41, 5.74) is 0. The Morgan fingerprint density at radius 2 is 1.50 bits per heavy atom. The first-order valence-electron chi connectivity index (χ1n) is 5.49. The Labute approximate surface area is 116 Å². The van der Waals surface area contributed by atoms with Crippen molar-refractivity contribution in [1.82, 2.24) is 4.90 Å². The summed E-state index contributed by atoms with van der Waals surface area (Å²) in [6, 6.07) is 0. The third-order valence-electron chi connectivity index (χ3n) is 2.48. The van der Waals surface area contributed by atoms with Crippen molar-refractivity contribution in [1.29, 1.82) is 0 Å². The molecule has 0 saturated heterocycles. The number of carbonyl (C=O) groups excluding carboxylic acids is 1. The Hall–Kier alpha value is 0.0500. The van der Waals surface area contributed by atoms with E-state index in [1.165, 1.54) is 0 Å². The molecule has 0 radical (unpaired) electrons. The van der Waals surface area contributed by atoms with Crippen LogP contribution in [0.25, 0.3) is 0 Å². The first kappa shape index (κ1) is 18.0. The van der Waals surface area contributed by atoms with Gasteiger partial charge in [0.1, 0.15) is 18.3 Å². The summed E-state index contributed by atoms with van der Waals surface area (Å²) < 4.78 is 0. The molecule has 0 aliphatic heterocycles. The number of aliphatic hydroxyl groups excluding tert-OH is 4. The highest BCUT2D eigenvalue weighted by Crippen LogP contribution is 2.06. The van der Waals surface area contributed by atoms with E-state index in [2.05, 4.69) is 0 Å². The quantitative estimate of drug-likeness (QED) is 0.287. The standard InChI is InChI=1S/C10H19Cl2NO5/c11-1-3-13(4-2-12)5-7(15)9(17)10(18)8(16)6-14/h6-10,15-18H,1-5H2. The zero-order chi connectivity index (χ0) is 14.1. The van der Waals surface area contributed by atoms with Gasteiger partial charge in [-0.05, 0) is 0 Å². The smallest absolute Gasteiger partial charge is 0.151 e. The van der Waals surface area contributed by atoms with Gasteiger partial charge in [0.25, 0.3) is 0 Å². The third-order valence-corrected chi connectivity index (χ3v) is 2.82. The molecule has 0 aliphatic rings. The van der Waals surface area contributed by atoms with Crippen LogP contribution in [0.3, 0.4) is 0 Å². The largest absolute Gasteiger partial charge is 0.389 e.